The van der Waals surface area contributed by atoms with Gasteiger partial charge < -0.3 is 37.2 Å². The van der Waals surface area contributed by atoms with Gasteiger partial charge in [0.1, 0.15) is 0 Å². The van der Waals surface area contributed by atoms with Crippen molar-refractivity contribution >= 4 is 22.8 Å². The summed E-state index contributed by atoms with van der Waals surface area (Å²) in [5, 5.41) is 8.81. The Morgan fingerprint density at radius 1 is 0.600 bits per heavy atom. The van der Waals surface area contributed by atoms with Crippen LogP contribution in [0.5, 0.6) is 0 Å². The van der Waals surface area contributed by atoms with E-state index in [1.165, 1.54) is 0 Å². The predicted octanol–water partition coefficient (Wildman–Crippen LogP) is -4.24. The van der Waals surface area contributed by atoms with E-state index in [2.05, 4.69) is 26.0 Å². The van der Waals surface area contributed by atoms with E-state index in [1.54, 1.807) is 0 Å². The zero-order valence-corrected chi connectivity index (χ0v) is 20.1. The molecule has 0 aliphatic carbocycles. The van der Waals surface area contributed by atoms with Gasteiger partial charge in [-0.05, 0) is 50.2 Å². The van der Waals surface area contributed by atoms with Crippen molar-refractivity contribution in [1.29, 1.82) is 0 Å². The number of anilines is 2. The zero-order chi connectivity index (χ0) is 18.2. The molecule has 2 N–H and O–H groups in total. The van der Waals surface area contributed by atoms with Crippen LogP contribution in [0.4, 0.5) is 11.4 Å². The molecule has 30 heavy (non-hydrogen) atoms. The summed E-state index contributed by atoms with van der Waals surface area (Å²) >= 11 is 0. The molecule has 9 heteroatoms. The molecule has 0 saturated carbocycles. The van der Waals surface area contributed by atoms with Crippen molar-refractivity contribution in [3.63, 3.8) is 0 Å². The molecule has 3 rings (SSSR count). The first kappa shape index (κ1) is 30.2. The number of hydrogen-bond acceptors (Lipinski definition) is 5. The van der Waals surface area contributed by atoms with Crippen LogP contribution < -0.4 is 48.1 Å². The fraction of sp³-hybridized carbons (Fsp3) is 0.0952. The first-order valence-corrected chi connectivity index (χ1v) is 8.41. The van der Waals surface area contributed by atoms with E-state index in [1.807, 2.05) is 92.7 Å². The van der Waals surface area contributed by atoms with Gasteiger partial charge in [-0.3, -0.25) is 10.9 Å². The molecule has 2 aromatic carbocycles. The number of para-hydroxylation sites is 2. The van der Waals surface area contributed by atoms with Crippen LogP contribution in [0.15, 0.2) is 89.1 Å². The van der Waals surface area contributed by atoms with E-state index >= 15 is 0 Å². The molecule has 0 aliphatic heterocycles. The summed E-state index contributed by atoms with van der Waals surface area (Å²) in [5.41, 5.74) is 11.2. The Kier molecular flexibility index (Phi) is 15.9. The van der Waals surface area contributed by atoms with E-state index < -0.39 is 0 Å². The molecule has 159 valence electrons. The van der Waals surface area contributed by atoms with E-state index in [9.17, 15) is 0 Å². The fourth-order valence-electron chi connectivity index (χ4n) is 2.27. The number of benzene rings is 2. The minimum atomic E-state index is 0. The molecule has 0 spiro atoms. The predicted molar refractivity (Wildman–Crippen MR) is 109 cm³/mol. The summed E-state index contributed by atoms with van der Waals surface area (Å²) in [6, 6.07) is 25.5. The average molecular weight is 501 g/mol. The molecule has 5 nitrogen and oxygen atoms in total. The monoisotopic (exact) mass is 499 g/mol. The van der Waals surface area contributed by atoms with Gasteiger partial charge in [-0.15, -0.1) is 0 Å². The molecule has 1 heterocycles. The van der Waals surface area contributed by atoms with Crippen molar-refractivity contribution in [3.8, 4) is 0 Å². The van der Waals surface area contributed by atoms with Gasteiger partial charge in [0.2, 0.25) is 0 Å². The quantitative estimate of drug-likeness (QED) is 0.266. The number of pyridine rings is 1. The SMILES string of the molecule is CC(=NNc1ccccc1)c1cccc(C(C)=NNc2ccccc2)n1.[Cl-].[Cl-].[Cl-].[V]. The number of nitrogens with zero attached hydrogens (tertiary/aromatic N) is 3. The van der Waals surface area contributed by atoms with Gasteiger partial charge in [-0.25, -0.2) is 4.98 Å². The Balaban J connectivity index is 0. The molecular weight excluding hydrogens is 480 g/mol. The number of aromatic nitrogens is 1. The fourth-order valence-corrected chi connectivity index (χ4v) is 2.27. The maximum atomic E-state index is 4.66. The molecule has 1 aromatic heterocycles. The Morgan fingerprint density at radius 3 is 1.33 bits per heavy atom. The van der Waals surface area contributed by atoms with Crippen molar-refractivity contribution in [1.82, 2.24) is 4.98 Å². The number of nitrogens with one attached hydrogen (secondary N) is 2. The summed E-state index contributed by atoms with van der Waals surface area (Å²) in [5.74, 6) is 0. The van der Waals surface area contributed by atoms with Gasteiger partial charge in [-0.1, -0.05) is 42.5 Å². The maximum absolute atomic E-state index is 4.66. The van der Waals surface area contributed by atoms with Gasteiger partial charge in [0.25, 0.3) is 0 Å². The Morgan fingerprint density at radius 2 is 0.967 bits per heavy atom. The number of hydrazone groups is 2. The van der Waals surface area contributed by atoms with Crippen molar-refractivity contribution in [2.24, 2.45) is 10.2 Å². The Hall–Kier alpha value is -2.02. The molecule has 0 amide bonds. The normalized spacial score (nSPS) is 10.3. The number of hydrogen-bond donors (Lipinski definition) is 2. The van der Waals surface area contributed by atoms with Gasteiger partial charge in [0, 0.05) is 18.6 Å². The van der Waals surface area contributed by atoms with E-state index in [0.29, 0.717) is 0 Å². The molecule has 0 aliphatic rings. The second-order valence-corrected chi connectivity index (χ2v) is 5.76. The standard InChI is InChI=1S/C21H21N5.3ClH.V/c1-16(23-25-18-10-5-3-6-11-18)20-14-9-15-21(22-20)17(2)24-26-19-12-7-4-8-13-19;;;;/h3-15,25-26H,1-2H3;3*1H;/p-3. The summed E-state index contributed by atoms with van der Waals surface area (Å²) in [4.78, 5) is 4.66. The van der Waals surface area contributed by atoms with Gasteiger partial charge in [0.05, 0.1) is 34.2 Å². The van der Waals surface area contributed by atoms with Crippen LogP contribution in [0.1, 0.15) is 25.2 Å². The van der Waals surface area contributed by atoms with Crippen molar-refractivity contribution in [2.45, 2.75) is 13.8 Å². The van der Waals surface area contributed by atoms with Gasteiger partial charge >= 0.3 is 0 Å². The van der Waals surface area contributed by atoms with Crippen LogP contribution in [0, 0.1) is 0 Å². The molecule has 0 unspecified atom stereocenters. The second-order valence-electron chi connectivity index (χ2n) is 5.76. The van der Waals surface area contributed by atoms with Crippen molar-refractivity contribution in [3.05, 3.63) is 90.3 Å². The minimum Gasteiger partial charge on any atom is -1.00 e. The van der Waals surface area contributed by atoms with Crippen molar-refractivity contribution < 1.29 is 55.8 Å². The molecule has 1 radical (unpaired) electrons. The van der Waals surface area contributed by atoms with Crippen LogP contribution in [0.2, 0.25) is 0 Å². The van der Waals surface area contributed by atoms with Crippen LogP contribution >= 0.6 is 0 Å². The number of halogens is 3. The zero-order valence-electron chi connectivity index (χ0n) is 16.4. The van der Waals surface area contributed by atoms with E-state index in [-0.39, 0.29) is 55.8 Å². The summed E-state index contributed by atoms with van der Waals surface area (Å²) in [6.07, 6.45) is 0. The largest absolute Gasteiger partial charge is 1.00 e. The molecule has 0 fully saturated rings. The second kappa shape index (κ2) is 15.8. The van der Waals surface area contributed by atoms with Crippen LogP contribution in [-0.2, 0) is 18.6 Å². The third-order valence-corrected chi connectivity index (χ3v) is 3.74. The van der Waals surface area contributed by atoms with Crippen molar-refractivity contribution in [2.75, 3.05) is 10.9 Å². The molecule has 3 aromatic rings. The maximum Gasteiger partial charge on any atom is 0.0867 e. The first-order valence-electron chi connectivity index (χ1n) is 8.41. The third-order valence-electron chi connectivity index (χ3n) is 3.74. The molecular formula is C21H21Cl3N5V-3. The third kappa shape index (κ3) is 9.20. The van der Waals surface area contributed by atoms with Gasteiger partial charge in [0.15, 0.2) is 0 Å². The average Bonchev–Trinajstić information content (AvgIpc) is 2.72. The van der Waals surface area contributed by atoms with Crippen LogP contribution in [-0.4, -0.2) is 16.4 Å². The smallest absolute Gasteiger partial charge is 0.0867 e. The summed E-state index contributed by atoms with van der Waals surface area (Å²) < 4.78 is 0. The molecule has 0 bridgehead atoms. The van der Waals surface area contributed by atoms with E-state index in [4.69, 9.17) is 0 Å². The molecule has 0 saturated heterocycles. The van der Waals surface area contributed by atoms with E-state index in [0.717, 1.165) is 34.2 Å². The van der Waals surface area contributed by atoms with Gasteiger partial charge in [-0.2, -0.15) is 10.2 Å². The topological polar surface area (TPSA) is 61.7 Å². The van der Waals surface area contributed by atoms with Crippen LogP contribution in [0.25, 0.3) is 0 Å². The summed E-state index contributed by atoms with van der Waals surface area (Å²) in [6.45, 7) is 3.85. The molecule has 0 atom stereocenters. The Labute approximate surface area is 208 Å². The Bertz CT molecular complexity index is 849. The minimum absolute atomic E-state index is 0. The summed E-state index contributed by atoms with van der Waals surface area (Å²) in [7, 11) is 0. The first-order chi connectivity index (χ1) is 12.7. The van der Waals surface area contributed by atoms with Crippen LogP contribution in [0.3, 0.4) is 0 Å². The number of rotatable bonds is 6.